The lowest BCUT2D eigenvalue weighted by Crippen LogP contribution is -2.48. The Morgan fingerprint density at radius 3 is 2.51 bits per heavy atom. The molecule has 0 fully saturated rings. The first kappa shape index (κ1) is 27.8. The number of carbonyl (C=O) groups is 2. The van der Waals surface area contributed by atoms with E-state index in [0.717, 1.165) is 5.56 Å². The fourth-order valence-electron chi connectivity index (χ4n) is 3.77. The zero-order valence-electron chi connectivity index (χ0n) is 21.9. The van der Waals surface area contributed by atoms with Crippen LogP contribution >= 0.6 is 11.6 Å². The Balaban J connectivity index is 1.37. The molecule has 0 saturated carbocycles. The summed E-state index contributed by atoms with van der Waals surface area (Å²) in [4.78, 5) is 25.6. The number of fused-ring (bicyclic) bond motifs is 1. The van der Waals surface area contributed by atoms with Crippen molar-refractivity contribution in [3.8, 4) is 23.0 Å². The monoisotopic (exact) mass is 551 g/mol. The minimum atomic E-state index is -0.803. The quantitative estimate of drug-likeness (QED) is 0.258. The highest BCUT2D eigenvalue weighted by atomic mass is 35.5. The molecule has 1 unspecified atom stereocenters. The van der Waals surface area contributed by atoms with Crippen molar-refractivity contribution in [2.75, 3.05) is 13.4 Å². The molecule has 0 radical (unpaired) electrons. The van der Waals surface area contributed by atoms with Gasteiger partial charge in [0.25, 0.3) is 11.8 Å². The van der Waals surface area contributed by atoms with Crippen LogP contribution in [0.4, 0.5) is 0 Å². The van der Waals surface area contributed by atoms with Crippen LogP contribution in [0.25, 0.3) is 0 Å². The second-order valence-corrected chi connectivity index (χ2v) is 9.49. The molecule has 3 aromatic carbocycles. The largest absolute Gasteiger partial charge is 0.490 e. The molecule has 0 aromatic heterocycles. The van der Waals surface area contributed by atoms with Crippen LogP contribution in [0.1, 0.15) is 42.3 Å². The number of benzene rings is 3. The van der Waals surface area contributed by atoms with Gasteiger partial charge in [-0.3, -0.25) is 9.59 Å². The molecule has 0 saturated heterocycles. The number of amides is 2. The predicted molar refractivity (Wildman–Crippen MR) is 148 cm³/mol. The van der Waals surface area contributed by atoms with E-state index in [1.54, 1.807) is 36.4 Å². The maximum absolute atomic E-state index is 12.9. The maximum atomic E-state index is 12.9. The van der Waals surface area contributed by atoms with Gasteiger partial charge in [-0.15, -0.1) is 0 Å². The van der Waals surface area contributed by atoms with Gasteiger partial charge in [0, 0.05) is 10.6 Å². The zero-order chi connectivity index (χ0) is 27.8. The molecule has 0 aliphatic carbocycles. The van der Waals surface area contributed by atoms with E-state index < -0.39 is 17.9 Å². The van der Waals surface area contributed by atoms with Crippen molar-refractivity contribution in [1.82, 2.24) is 10.7 Å². The molecule has 2 N–H and O–H groups in total. The normalized spacial score (nSPS) is 12.8. The number of hydrogen-bond donors (Lipinski definition) is 2. The molecule has 1 atom stereocenters. The van der Waals surface area contributed by atoms with Gasteiger partial charge in [-0.25, -0.2) is 5.43 Å². The standard InChI is InChI=1S/C29H30ClN3O6/c1-4-36-25-13-20(7-11-23(25)37-16-19-5-9-22(30)10-6-19)15-31-33-29(35)27(18(2)3)32-28(34)21-8-12-24-26(14-21)39-17-38-24/h5-15,18,27H,4,16-17H2,1-3H3,(H,32,34)(H,33,35). The van der Waals surface area contributed by atoms with E-state index in [1.807, 2.05) is 45.0 Å². The van der Waals surface area contributed by atoms with E-state index in [1.165, 1.54) is 6.21 Å². The highest BCUT2D eigenvalue weighted by molar-refractivity contribution is 6.30. The molecule has 3 aromatic rings. The third-order valence-corrected chi connectivity index (χ3v) is 6.09. The fraction of sp³-hybridized carbons (Fsp3) is 0.276. The number of hydrogen-bond acceptors (Lipinski definition) is 7. The number of nitrogens with zero attached hydrogens (tertiary/aromatic N) is 1. The van der Waals surface area contributed by atoms with E-state index in [2.05, 4.69) is 15.8 Å². The first-order chi connectivity index (χ1) is 18.8. The lowest BCUT2D eigenvalue weighted by atomic mass is 10.0. The van der Waals surface area contributed by atoms with Crippen molar-refractivity contribution in [1.29, 1.82) is 0 Å². The fourth-order valence-corrected chi connectivity index (χ4v) is 3.90. The van der Waals surface area contributed by atoms with Crippen molar-refractivity contribution in [3.63, 3.8) is 0 Å². The highest BCUT2D eigenvalue weighted by Gasteiger charge is 2.25. The van der Waals surface area contributed by atoms with E-state index >= 15 is 0 Å². The second-order valence-electron chi connectivity index (χ2n) is 9.05. The summed E-state index contributed by atoms with van der Waals surface area (Å²) in [5.74, 6) is 1.18. The van der Waals surface area contributed by atoms with Gasteiger partial charge in [0.1, 0.15) is 12.6 Å². The predicted octanol–water partition coefficient (Wildman–Crippen LogP) is 4.95. The lowest BCUT2D eigenvalue weighted by molar-refractivity contribution is -0.123. The molecule has 204 valence electrons. The van der Waals surface area contributed by atoms with Crippen LogP contribution < -0.4 is 29.7 Å². The van der Waals surface area contributed by atoms with Crippen LogP contribution in [0, 0.1) is 5.92 Å². The third kappa shape index (κ3) is 7.42. The van der Waals surface area contributed by atoms with E-state index in [9.17, 15) is 9.59 Å². The van der Waals surface area contributed by atoms with Crippen LogP contribution in [-0.4, -0.2) is 37.5 Å². The van der Waals surface area contributed by atoms with Gasteiger partial charge >= 0.3 is 0 Å². The van der Waals surface area contributed by atoms with Gasteiger partial charge in [-0.05, 0) is 72.5 Å². The van der Waals surface area contributed by atoms with Crippen LogP contribution in [0.3, 0.4) is 0 Å². The average molecular weight is 552 g/mol. The van der Waals surface area contributed by atoms with Crippen molar-refractivity contribution in [3.05, 3.63) is 82.4 Å². The summed E-state index contributed by atoms with van der Waals surface area (Å²) in [6, 6.07) is 16.8. The summed E-state index contributed by atoms with van der Waals surface area (Å²) in [7, 11) is 0. The van der Waals surface area contributed by atoms with Gasteiger partial charge in [-0.1, -0.05) is 37.6 Å². The van der Waals surface area contributed by atoms with E-state index in [0.29, 0.717) is 52.4 Å². The molecular weight excluding hydrogens is 522 g/mol. The second kappa shape index (κ2) is 13.0. The Morgan fingerprint density at radius 2 is 1.77 bits per heavy atom. The van der Waals surface area contributed by atoms with Gasteiger partial charge in [-0.2, -0.15) is 5.10 Å². The summed E-state index contributed by atoms with van der Waals surface area (Å²) < 4.78 is 22.3. The number of rotatable bonds is 11. The molecule has 0 spiro atoms. The number of halogens is 1. The Bertz CT molecular complexity index is 1340. The summed E-state index contributed by atoms with van der Waals surface area (Å²) in [6.07, 6.45) is 1.50. The molecule has 0 bridgehead atoms. The summed E-state index contributed by atoms with van der Waals surface area (Å²) in [5.41, 5.74) is 4.55. The number of hydrazone groups is 1. The molecule has 1 heterocycles. The molecule has 1 aliphatic heterocycles. The number of carbonyl (C=O) groups excluding carboxylic acids is 2. The number of ether oxygens (including phenoxy) is 4. The first-order valence-corrected chi connectivity index (χ1v) is 12.9. The lowest BCUT2D eigenvalue weighted by Gasteiger charge is -2.20. The zero-order valence-corrected chi connectivity index (χ0v) is 22.7. The average Bonchev–Trinajstić information content (AvgIpc) is 3.40. The van der Waals surface area contributed by atoms with Crippen molar-refractivity contribution >= 4 is 29.6 Å². The number of nitrogens with one attached hydrogen (secondary N) is 2. The third-order valence-electron chi connectivity index (χ3n) is 5.83. The molecule has 4 rings (SSSR count). The molecule has 10 heteroatoms. The van der Waals surface area contributed by atoms with E-state index in [-0.39, 0.29) is 12.7 Å². The Kier molecular flexibility index (Phi) is 9.27. The van der Waals surface area contributed by atoms with Crippen molar-refractivity contribution < 1.29 is 28.5 Å². The molecular formula is C29H30ClN3O6. The van der Waals surface area contributed by atoms with Crippen LogP contribution in [0.15, 0.2) is 65.8 Å². The van der Waals surface area contributed by atoms with Gasteiger partial charge in [0.2, 0.25) is 6.79 Å². The molecule has 39 heavy (non-hydrogen) atoms. The van der Waals surface area contributed by atoms with Gasteiger partial charge in [0.05, 0.1) is 12.8 Å². The van der Waals surface area contributed by atoms with Gasteiger partial charge < -0.3 is 24.3 Å². The highest BCUT2D eigenvalue weighted by Crippen LogP contribution is 2.32. The van der Waals surface area contributed by atoms with E-state index in [4.69, 9.17) is 30.5 Å². The minimum absolute atomic E-state index is 0.112. The molecule has 1 aliphatic rings. The summed E-state index contributed by atoms with van der Waals surface area (Å²) in [6.45, 7) is 6.48. The Hall–Kier alpha value is -4.24. The SMILES string of the molecule is CCOc1cc(C=NNC(=O)C(NC(=O)c2ccc3c(c2)OCO3)C(C)C)ccc1OCc1ccc(Cl)cc1. The smallest absolute Gasteiger partial charge is 0.262 e. The van der Waals surface area contributed by atoms with Crippen molar-refractivity contribution in [2.24, 2.45) is 11.0 Å². The Labute approximate surface area is 232 Å². The van der Waals surface area contributed by atoms with Gasteiger partial charge in [0.15, 0.2) is 23.0 Å². The Morgan fingerprint density at radius 1 is 1.00 bits per heavy atom. The molecule has 9 nitrogen and oxygen atoms in total. The van der Waals surface area contributed by atoms with Crippen LogP contribution in [-0.2, 0) is 11.4 Å². The summed E-state index contributed by atoms with van der Waals surface area (Å²) >= 11 is 5.94. The first-order valence-electron chi connectivity index (χ1n) is 12.5. The van der Waals surface area contributed by atoms with Crippen molar-refractivity contribution in [2.45, 2.75) is 33.4 Å². The minimum Gasteiger partial charge on any atom is -0.490 e. The summed E-state index contributed by atoms with van der Waals surface area (Å²) in [5, 5.41) is 7.52. The molecule has 2 amide bonds. The van der Waals surface area contributed by atoms with Crippen LogP contribution in [0.2, 0.25) is 5.02 Å². The maximum Gasteiger partial charge on any atom is 0.262 e. The topological polar surface area (TPSA) is 107 Å². The van der Waals surface area contributed by atoms with Crippen LogP contribution in [0.5, 0.6) is 23.0 Å².